The number of hydrogen-bond acceptors (Lipinski definition) is 5. The molecule has 0 bridgehead atoms. The molecule has 96 valence electrons. The molecule has 1 amide bonds. The van der Waals surface area contributed by atoms with Crippen LogP contribution in [0.15, 0.2) is 23.6 Å². The molecule has 0 radical (unpaired) electrons. The van der Waals surface area contributed by atoms with Crippen molar-refractivity contribution in [3.8, 4) is 11.8 Å². The van der Waals surface area contributed by atoms with Crippen molar-refractivity contribution >= 4 is 23.1 Å². The van der Waals surface area contributed by atoms with Gasteiger partial charge in [-0.25, -0.2) is 0 Å². The van der Waals surface area contributed by atoms with Crippen LogP contribution in [0, 0.1) is 18.8 Å². The molecule has 0 aliphatic heterocycles. The lowest BCUT2D eigenvalue weighted by Gasteiger charge is -2.07. The molecule has 0 saturated heterocycles. The molecule has 0 aliphatic rings. The van der Waals surface area contributed by atoms with Gasteiger partial charge in [0.25, 0.3) is 5.91 Å². The summed E-state index contributed by atoms with van der Waals surface area (Å²) in [5.74, 6) is 5.06. The fraction of sp³-hybridized carbons (Fsp3) is 0.154. The Morgan fingerprint density at radius 1 is 1.53 bits per heavy atom. The molecule has 0 unspecified atom stereocenters. The topological polar surface area (TPSA) is 75.1 Å². The van der Waals surface area contributed by atoms with Crippen LogP contribution in [-0.2, 0) is 0 Å². The molecule has 0 fully saturated rings. The Morgan fingerprint density at radius 3 is 3.05 bits per heavy atom. The predicted molar refractivity (Wildman–Crippen MR) is 73.0 cm³/mol. The van der Waals surface area contributed by atoms with Crippen LogP contribution in [0.2, 0.25) is 0 Å². The highest BCUT2D eigenvalue weighted by molar-refractivity contribution is 7.03. The van der Waals surface area contributed by atoms with Gasteiger partial charge in [-0.3, -0.25) is 4.79 Å². The molecule has 5 nitrogen and oxygen atoms in total. The first-order chi connectivity index (χ1) is 9.20. The second-order valence-corrected chi connectivity index (χ2v) is 4.34. The zero-order valence-electron chi connectivity index (χ0n) is 10.2. The second kappa shape index (κ2) is 6.09. The first-order valence-corrected chi connectivity index (χ1v) is 6.33. The lowest BCUT2D eigenvalue weighted by Crippen LogP contribution is -2.13. The van der Waals surface area contributed by atoms with E-state index in [0.29, 0.717) is 5.69 Å². The smallest absolute Gasteiger partial charge is 0.277 e. The molecule has 0 spiro atoms. The monoisotopic (exact) mass is 273 g/mol. The Balaban J connectivity index is 2.22. The van der Waals surface area contributed by atoms with Gasteiger partial charge < -0.3 is 10.4 Å². The third kappa shape index (κ3) is 3.37. The summed E-state index contributed by atoms with van der Waals surface area (Å²) < 4.78 is 3.65. The van der Waals surface area contributed by atoms with Gasteiger partial charge in [-0.15, -0.1) is 5.10 Å². The van der Waals surface area contributed by atoms with Crippen molar-refractivity contribution in [3.05, 3.63) is 40.4 Å². The summed E-state index contributed by atoms with van der Waals surface area (Å²) in [5.41, 5.74) is 2.61. The molecular weight excluding hydrogens is 262 g/mol. The highest BCUT2D eigenvalue weighted by atomic mass is 32.1. The van der Waals surface area contributed by atoms with Gasteiger partial charge in [0.2, 0.25) is 0 Å². The van der Waals surface area contributed by atoms with E-state index in [2.05, 4.69) is 26.7 Å². The lowest BCUT2D eigenvalue weighted by molar-refractivity contribution is 0.102. The van der Waals surface area contributed by atoms with Crippen LogP contribution in [0.25, 0.3) is 0 Å². The summed E-state index contributed by atoms with van der Waals surface area (Å²) in [7, 11) is 0. The lowest BCUT2D eigenvalue weighted by atomic mass is 10.1. The minimum absolute atomic E-state index is 0.194. The van der Waals surface area contributed by atoms with Crippen molar-refractivity contribution in [1.29, 1.82) is 0 Å². The summed E-state index contributed by atoms with van der Waals surface area (Å²) in [4.78, 5) is 11.9. The Bertz CT molecular complexity index is 642. The number of benzene rings is 1. The van der Waals surface area contributed by atoms with Gasteiger partial charge in [-0.05, 0) is 36.2 Å². The molecule has 2 N–H and O–H groups in total. The summed E-state index contributed by atoms with van der Waals surface area (Å²) in [6.45, 7) is 1.69. The average Bonchev–Trinajstić information content (AvgIpc) is 2.93. The molecular formula is C13H11N3O2S. The number of nitrogens with zero attached hydrogens (tertiary/aromatic N) is 2. The van der Waals surface area contributed by atoms with Crippen LogP contribution in [0.1, 0.15) is 21.6 Å². The number of nitrogens with one attached hydrogen (secondary N) is 1. The highest BCUT2D eigenvalue weighted by Crippen LogP contribution is 2.17. The predicted octanol–water partition coefficient (Wildman–Crippen LogP) is 1.44. The van der Waals surface area contributed by atoms with Gasteiger partial charge in [-0.1, -0.05) is 22.4 Å². The number of hydrogen-bond donors (Lipinski definition) is 2. The van der Waals surface area contributed by atoms with E-state index in [-0.39, 0.29) is 18.2 Å². The quantitative estimate of drug-likeness (QED) is 0.812. The van der Waals surface area contributed by atoms with Crippen molar-refractivity contribution in [3.63, 3.8) is 0 Å². The van der Waals surface area contributed by atoms with E-state index >= 15 is 0 Å². The summed E-state index contributed by atoms with van der Waals surface area (Å²) in [6.07, 6.45) is 0. The highest BCUT2D eigenvalue weighted by Gasteiger charge is 2.10. The fourth-order valence-electron chi connectivity index (χ4n) is 1.43. The Morgan fingerprint density at radius 2 is 2.37 bits per heavy atom. The molecule has 1 heterocycles. The van der Waals surface area contributed by atoms with Crippen LogP contribution in [0.3, 0.4) is 0 Å². The van der Waals surface area contributed by atoms with E-state index in [1.165, 1.54) is 0 Å². The number of amides is 1. The second-order valence-electron chi connectivity index (χ2n) is 3.73. The summed E-state index contributed by atoms with van der Waals surface area (Å²) in [6, 6.07) is 5.45. The van der Waals surface area contributed by atoms with Crippen molar-refractivity contribution < 1.29 is 9.90 Å². The van der Waals surface area contributed by atoms with Crippen molar-refractivity contribution in [2.24, 2.45) is 0 Å². The molecule has 19 heavy (non-hydrogen) atoms. The normalized spacial score (nSPS) is 9.58. The molecule has 0 aliphatic carbocycles. The van der Waals surface area contributed by atoms with E-state index < -0.39 is 0 Å². The largest absolute Gasteiger partial charge is 0.384 e. The Kier molecular flexibility index (Phi) is 4.23. The van der Waals surface area contributed by atoms with Crippen LogP contribution in [-0.4, -0.2) is 27.2 Å². The number of carbonyl (C=O) groups excluding carboxylic acids is 1. The van der Waals surface area contributed by atoms with Gasteiger partial charge in [0.05, 0.1) is 0 Å². The number of aromatic nitrogens is 2. The van der Waals surface area contributed by atoms with Gasteiger partial charge in [-0.2, -0.15) is 0 Å². The van der Waals surface area contributed by atoms with Crippen LogP contribution in [0.5, 0.6) is 0 Å². The number of rotatable bonds is 2. The zero-order valence-corrected chi connectivity index (χ0v) is 11.0. The molecule has 0 saturated carbocycles. The van der Waals surface area contributed by atoms with Crippen molar-refractivity contribution in [1.82, 2.24) is 9.59 Å². The third-order valence-electron chi connectivity index (χ3n) is 2.39. The fourth-order valence-corrected chi connectivity index (χ4v) is 1.86. The standard InChI is InChI=1S/C13H11N3O2S/c1-9-4-5-10(3-2-6-17)7-11(9)14-13(18)12-8-19-16-15-12/h4-5,7-8,17H,6H2,1H3,(H,14,18). The number of aryl methyl sites for hydroxylation is 1. The van der Waals surface area contributed by atoms with Gasteiger partial charge in [0, 0.05) is 16.6 Å². The molecule has 2 aromatic rings. The minimum atomic E-state index is -0.302. The Hall–Kier alpha value is -2.23. The van der Waals surface area contributed by atoms with E-state index in [4.69, 9.17) is 5.11 Å². The van der Waals surface area contributed by atoms with Gasteiger partial charge in [0.1, 0.15) is 6.61 Å². The third-order valence-corrected chi connectivity index (χ3v) is 2.89. The van der Waals surface area contributed by atoms with E-state index in [9.17, 15) is 4.79 Å². The van der Waals surface area contributed by atoms with Crippen molar-refractivity contribution in [2.75, 3.05) is 11.9 Å². The minimum Gasteiger partial charge on any atom is -0.384 e. The van der Waals surface area contributed by atoms with Crippen LogP contribution < -0.4 is 5.32 Å². The number of carbonyl (C=O) groups is 1. The number of anilines is 1. The molecule has 1 aromatic carbocycles. The van der Waals surface area contributed by atoms with Crippen molar-refractivity contribution in [2.45, 2.75) is 6.92 Å². The first kappa shape index (κ1) is 13.2. The Labute approximate surface area is 114 Å². The maximum Gasteiger partial charge on any atom is 0.277 e. The van der Waals surface area contributed by atoms with Gasteiger partial charge >= 0.3 is 0 Å². The maximum atomic E-state index is 11.9. The van der Waals surface area contributed by atoms with E-state index in [0.717, 1.165) is 22.7 Å². The molecule has 0 atom stereocenters. The van der Waals surface area contributed by atoms with E-state index in [1.54, 1.807) is 11.4 Å². The van der Waals surface area contributed by atoms with Gasteiger partial charge in [0.15, 0.2) is 5.69 Å². The number of aliphatic hydroxyl groups is 1. The zero-order chi connectivity index (χ0) is 13.7. The molecule has 2 rings (SSSR count). The van der Waals surface area contributed by atoms with E-state index in [1.807, 2.05) is 19.1 Å². The average molecular weight is 273 g/mol. The molecule has 6 heteroatoms. The summed E-state index contributed by atoms with van der Waals surface area (Å²) in [5, 5.41) is 16.7. The number of aliphatic hydroxyl groups excluding tert-OH is 1. The maximum absolute atomic E-state index is 11.9. The van der Waals surface area contributed by atoms with Crippen LogP contribution in [0.4, 0.5) is 5.69 Å². The molecule has 1 aromatic heterocycles. The summed E-state index contributed by atoms with van der Waals surface area (Å²) >= 11 is 1.12. The van der Waals surface area contributed by atoms with Crippen LogP contribution >= 0.6 is 11.5 Å². The first-order valence-electron chi connectivity index (χ1n) is 5.49. The SMILES string of the molecule is Cc1ccc(C#CCO)cc1NC(=O)c1csnn1.